The van der Waals surface area contributed by atoms with Gasteiger partial charge in [-0.15, -0.1) is 0 Å². The SMILES string of the molecule is Nc1c(Cl)cc(N([O-])O)cc1Cl. The highest BCUT2D eigenvalue weighted by Crippen LogP contribution is 2.31. The molecule has 0 unspecified atom stereocenters. The molecule has 0 heterocycles. The second-order valence-electron chi connectivity index (χ2n) is 2.10. The molecule has 1 aromatic carbocycles. The molecule has 1 rings (SSSR count). The fourth-order valence-electron chi connectivity index (χ4n) is 0.681. The molecule has 0 atom stereocenters. The van der Waals surface area contributed by atoms with Gasteiger partial charge < -0.3 is 16.2 Å². The number of benzene rings is 1. The first-order valence-corrected chi connectivity index (χ1v) is 3.68. The molecule has 0 fully saturated rings. The Balaban J connectivity index is 3.21. The first-order chi connectivity index (χ1) is 5.52. The second-order valence-corrected chi connectivity index (χ2v) is 2.91. The summed E-state index contributed by atoms with van der Waals surface area (Å²) >= 11 is 11.2. The van der Waals surface area contributed by atoms with Crippen LogP contribution in [0.25, 0.3) is 0 Å². The van der Waals surface area contributed by atoms with Gasteiger partial charge in [-0.2, -0.15) is 0 Å². The van der Waals surface area contributed by atoms with Gasteiger partial charge in [0.15, 0.2) is 0 Å². The zero-order valence-corrected chi connectivity index (χ0v) is 7.30. The van der Waals surface area contributed by atoms with Crippen molar-refractivity contribution < 1.29 is 5.21 Å². The highest BCUT2D eigenvalue weighted by atomic mass is 35.5. The van der Waals surface area contributed by atoms with E-state index >= 15 is 0 Å². The van der Waals surface area contributed by atoms with Crippen LogP contribution in [0.3, 0.4) is 0 Å². The zero-order valence-electron chi connectivity index (χ0n) is 5.79. The summed E-state index contributed by atoms with van der Waals surface area (Å²) in [6, 6.07) is 2.44. The molecule has 66 valence electrons. The molecule has 0 saturated carbocycles. The molecule has 0 aliphatic carbocycles. The molecule has 0 aromatic heterocycles. The smallest absolute Gasteiger partial charge is 0.0694 e. The summed E-state index contributed by atoms with van der Waals surface area (Å²) < 4.78 is 0. The maximum atomic E-state index is 10.4. The lowest BCUT2D eigenvalue weighted by molar-refractivity contribution is 0.296. The molecule has 12 heavy (non-hydrogen) atoms. The minimum Gasteiger partial charge on any atom is -0.733 e. The molecule has 0 spiro atoms. The minimum absolute atomic E-state index is 0.0563. The van der Waals surface area contributed by atoms with Crippen LogP contribution in [0.4, 0.5) is 11.4 Å². The summed E-state index contributed by atoms with van der Waals surface area (Å²) in [6.45, 7) is 0. The maximum Gasteiger partial charge on any atom is 0.0694 e. The predicted octanol–water partition coefficient (Wildman–Crippen LogP) is 2.27. The van der Waals surface area contributed by atoms with Gasteiger partial charge in [0.2, 0.25) is 0 Å². The monoisotopic (exact) mass is 207 g/mol. The molecule has 6 heteroatoms. The van der Waals surface area contributed by atoms with Crippen molar-refractivity contribution in [1.29, 1.82) is 0 Å². The molecule has 0 radical (unpaired) electrons. The predicted molar refractivity (Wildman–Crippen MR) is 48.5 cm³/mol. The van der Waals surface area contributed by atoms with Crippen LogP contribution in [0.5, 0.6) is 0 Å². The Labute approximate surface area is 78.6 Å². The van der Waals surface area contributed by atoms with Gasteiger partial charge in [0.1, 0.15) is 0 Å². The minimum atomic E-state index is -0.336. The summed E-state index contributed by atoms with van der Waals surface area (Å²) in [5.41, 5.74) is 5.51. The molecule has 0 aliphatic rings. The van der Waals surface area contributed by atoms with E-state index in [0.29, 0.717) is 0 Å². The maximum absolute atomic E-state index is 10.4. The molecule has 1 aromatic rings. The fraction of sp³-hybridized carbons (Fsp3) is 0. The number of hydrogen-bond acceptors (Lipinski definition) is 4. The van der Waals surface area contributed by atoms with E-state index in [9.17, 15) is 5.21 Å². The van der Waals surface area contributed by atoms with Gasteiger partial charge in [-0.1, -0.05) is 23.2 Å². The topological polar surface area (TPSA) is 72.5 Å². The van der Waals surface area contributed by atoms with E-state index in [-0.39, 0.29) is 26.6 Å². The molecular formula is C6H5Cl2N2O2-. The molecule has 4 nitrogen and oxygen atoms in total. The van der Waals surface area contributed by atoms with Gasteiger partial charge in [-0.3, -0.25) is 5.21 Å². The first kappa shape index (κ1) is 9.41. The lowest BCUT2D eigenvalue weighted by atomic mass is 10.3. The van der Waals surface area contributed by atoms with Crippen molar-refractivity contribution in [2.24, 2.45) is 0 Å². The Morgan fingerprint density at radius 1 is 1.33 bits per heavy atom. The van der Waals surface area contributed by atoms with Gasteiger partial charge in [0.25, 0.3) is 0 Å². The van der Waals surface area contributed by atoms with Crippen LogP contribution in [0.15, 0.2) is 12.1 Å². The fourth-order valence-corrected chi connectivity index (χ4v) is 1.16. The van der Waals surface area contributed by atoms with Crippen molar-refractivity contribution in [3.8, 4) is 0 Å². The molecule has 0 saturated heterocycles. The van der Waals surface area contributed by atoms with E-state index in [1.807, 2.05) is 0 Å². The zero-order chi connectivity index (χ0) is 9.30. The number of hydrogen-bond donors (Lipinski definition) is 2. The highest BCUT2D eigenvalue weighted by molar-refractivity contribution is 6.39. The van der Waals surface area contributed by atoms with E-state index in [0.717, 1.165) is 0 Å². The van der Waals surface area contributed by atoms with Crippen molar-refractivity contribution in [3.63, 3.8) is 0 Å². The van der Waals surface area contributed by atoms with Crippen molar-refractivity contribution >= 4 is 34.6 Å². The summed E-state index contributed by atoms with van der Waals surface area (Å²) in [4.78, 5) is 0. The van der Waals surface area contributed by atoms with Gasteiger partial charge in [0.05, 0.1) is 21.4 Å². The van der Waals surface area contributed by atoms with Crippen LogP contribution >= 0.6 is 23.2 Å². The highest BCUT2D eigenvalue weighted by Gasteiger charge is 2.04. The third kappa shape index (κ3) is 1.73. The number of rotatable bonds is 1. The Kier molecular flexibility index (Phi) is 2.64. The van der Waals surface area contributed by atoms with Crippen LogP contribution < -0.4 is 11.0 Å². The van der Waals surface area contributed by atoms with E-state index in [2.05, 4.69) is 0 Å². The largest absolute Gasteiger partial charge is 0.733 e. The van der Waals surface area contributed by atoms with Crippen LogP contribution in [0.1, 0.15) is 0 Å². The van der Waals surface area contributed by atoms with Crippen molar-refractivity contribution in [1.82, 2.24) is 0 Å². The average Bonchev–Trinajstić information content (AvgIpc) is 1.99. The van der Waals surface area contributed by atoms with Crippen LogP contribution in [-0.4, -0.2) is 5.21 Å². The van der Waals surface area contributed by atoms with Crippen molar-refractivity contribution in [2.45, 2.75) is 0 Å². The van der Waals surface area contributed by atoms with E-state index < -0.39 is 0 Å². The molecule has 3 N–H and O–H groups in total. The van der Waals surface area contributed by atoms with E-state index in [1.165, 1.54) is 12.1 Å². The number of nitrogen functional groups attached to an aromatic ring is 1. The number of nitrogens with two attached hydrogens (primary N) is 1. The summed E-state index contributed by atoms with van der Waals surface area (Å²) in [7, 11) is 0. The summed E-state index contributed by atoms with van der Waals surface area (Å²) in [5, 5.41) is 18.8. The van der Waals surface area contributed by atoms with Crippen LogP contribution in [0, 0.1) is 5.21 Å². The molecular weight excluding hydrogens is 203 g/mol. The Morgan fingerprint density at radius 2 is 1.75 bits per heavy atom. The second kappa shape index (κ2) is 3.37. The molecule has 0 amide bonds. The Morgan fingerprint density at radius 3 is 2.08 bits per heavy atom. The van der Waals surface area contributed by atoms with E-state index in [4.69, 9.17) is 34.1 Å². The Hall–Kier alpha value is -0.680. The van der Waals surface area contributed by atoms with Gasteiger partial charge in [-0.05, 0) is 12.1 Å². The quantitative estimate of drug-likeness (QED) is 0.548. The summed E-state index contributed by atoms with van der Waals surface area (Å²) in [6.07, 6.45) is 0. The van der Waals surface area contributed by atoms with Crippen LogP contribution in [0.2, 0.25) is 10.0 Å². The molecule has 0 aliphatic heterocycles. The third-order valence-electron chi connectivity index (χ3n) is 1.28. The lowest BCUT2D eigenvalue weighted by Gasteiger charge is -2.22. The first-order valence-electron chi connectivity index (χ1n) is 2.93. The van der Waals surface area contributed by atoms with Crippen molar-refractivity contribution in [3.05, 3.63) is 27.4 Å². The number of halogens is 2. The van der Waals surface area contributed by atoms with Crippen LogP contribution in [-0.2, 0) is 0 Å². The normalized spacial score (nSPS) is 10.0. The number of nitrogens with zero attached hydrogens (tertiary/aromatic N) is 1. The van der Waals surface area contributed by atoms with Crippen molar-refractivity contribution in [2.75, 3.05) is 11.0 Å². The number of anilines is 2. The standard InChI is InChI=1S/C6H5Cl2N2O2/c7-4-1-3(10(11)12)2-5(8)6(4)9/h1-2,11H,9H2/q-1. The van der Waals surface area contributed by atoms with Gasteiger partial charge in [0, 0.05) is 0 Å². The third-order valence-corrected chi connectivity index (χ3v) is 1.91. The Bertz CT molecular complexity index is 281. The van der Waals surface area contributed by atoms with E-state index in [1.54, 1.807) is 0 Å². The van der Waals surface area contributed by atoms with Gasteiger partial charge >= 0.3 is 0 Å². The lowest BCUT2D eigenvalue weighted by Crippen LogP contribution is -2.07. The average molecular weight is 208 g/mol. The molecule has 0 bridgehead atoms. The summed E-state index contributed by atoms with van der Waals surface area (Å²) in [5.74, 6) is 0. The van der Waals surface area contributed by atoms with Gasteiger partial charge in [-0.25, -0.2) is 0 Å².